The van der Waals surface area contributed by atoms with Crippen LogP contribution < -0.4 is 0 Å². The number of aromatic nitrogens is 3. The van der Waals surface area contributed by atoms with Crippen LogP contribution in [0.4, 0.5) is 0 Å². The zero-order valence-corrected chi connectivity index (χ0v) is 17.8. The first-order chi connectivity index (χ1) is 14.2. The van der Waals surface area contributed by atoms with Crippen LogP contribution in [-0.2, 0) is 4.79 Å². The first-order valence-electron chi connectivity index (χ1n) is 9.12. The molecule has 0 aliphatic rings. The third-order valence-corrected chi connectivity index (χ3v) is 6.00. The summed E-state index contributed by atoms with van der Waals surface area (Å²) in [6.45, 7) is 3.23. The molecule has 30 heavy (non-hydrogen) atoms. The van der Waals surface area contributed by atoms with Crippen LogP contribution in [0.25, 0.3) is 33.5 Å². The average molecular weight is 440 g/mol. The van der Waals surface area contributed by atoms with Crippen molar-refractivity contribution in [3.05, 3.63) is 59.6 Å². The fourth-order valence-corrected chi connectivity index (χ4v) is 4.08. The minimum Gasteiger partial charge on any atom is -0.507 e. The van der Waals surface area contributed by atoms with Crippen LogP contribution in [0.1, 0.15) is 13.8 Å². The summed E-state index contributed by atoms with van der Waals surface area (Å²) in [6.07, 6.45) is 0. The van der Waals surface area contributed by atoms with Crippen LogP contribution in [-0.4, -0.2) is 35.9 Å². The number of rotatable bonds is 5. The highest BCUT2D eigenvalue weighted by Gasteiger charge is 2.30. The van der Waals surface area contributed by atoms with E-state index >= 15 is 0 Å². The first-order valence-corrected chi connectivity index (χ1v) is 10.3. The van der Waals surface area contributed by atoms with Gasteiger partial charge in [0.2, 0.25) is 0 Å². The second kappa shape index (κ2) is 7.66. The molecule has 152 valence electrons. The topological polar surface area (TPSA) is 99.1 Å². The highest BCUT2D eigenvalue weighted by molar-refractivity contribution is 8.01. The Bertz CT molecular complexity index is 1250. The van der Waals surface area contributed by atoms with Crippen LogP contribution in [0.15, 0.2) is 59.8 Å². The number of aromatic hydroxyl groups is 1. The van der Waals surface area contributed by atoms with Crippen LogP contribution >= 0.6 is 23.4 Å². The van der Waals surface area contributed by atoms with Gasteiger partial charge in [0.1, 0.15) is 10.5 Å². The van der Waals surface area contributed by atoms with Gasteiger partial charge < -0.3 is 15.2 Å². The molecule has 8 heteroatoms. The largest absolute Gasteiger partial charge is 0.507 e. The van der Waals surface area contributed by atoms with E-state index in [-0.39, 0.29) is 5.75 Å². The fraction of sp³-hybridized carbons (Fsp3) is 0.136. The number of thioether (sulfide) groups is 1. The number of phenolic OH excluding ortho intramolecular Hbond substituents is 1. The zero-order valence-electron chi connectivity index (χ0n) is 16.2. The van der Waals surface area contributed by atoms with Crippen LogP contribution in [0.2, 0.25) is 5.02 Å². The number of fused-ring (bicyclic) bond motifs is 1. The average Bonchev–Trinajstić information content (AvgIpc) is 3.08. The van der Waals surface area contributed by atoms with Crippen molar-refractivity contribution in [3.63, 3.8) is 0 Å². The van der Waals surface area contributed by atoms with Gasteiger partial charge in [0.15, 0.2) is 10.8 Å². The number of imidazole rings is 1. The van der Waals surface area contributed by atoms with Gasteiger partial charge in [0.05, 0.1) is 16.2 Å². The number of nitrogens with zero attached hydrogens (tertiary/aromatic N) is 2. The maximum absolute atomic E-state index is 11.4. The smallest absolute Gasteiger partial charge is 0.319 e. The number of phenols is 1. The third kappa shape index (κ3) is 3.86. The number of carboxylic acids is 1. The quantitative estimate of drug-likeness (QED) is 0.350. The molecule has 2 aromatic heterocycles. The molecule has 0 fully saturated rings. The lowest BCUT2D eigenvalue weighted by Crippen LogP contribution is -2.27. The number of halogens is 1. The summed E-state index contributed by atoms with van der Waals surface area (Å²) >= 11 is 7.58. The lowest BCUT2D eigenvalue weighted by molar-refractivity contribution is -0.138. The maximum Gasteiger partial charge on any atom is 0.319 e. The van der Waals surface area contributed by atoms with Crippen molar-refractivity contribution in [2.45, 2.75) is 23.8 Å². The standard InChI is InChI=1S/C22H18ClN3O3S/c1-22(2,20(28)29)30-21-24-16-11-15(23)18(25-19(16)26-21)13-9-7-12(8-10-13)14-5-3-4-6-17(14)27/h3-11,27H,1-2H3,(H,28,29)(H,24,25,26). The van der Waals surface area contributed by atoms with E-state index in [1.54, 1.807) is 32.0 Å². The molecule has 0 atom stereocenters. The molecule has 4 aromatic rings. The van der Waals surface area contributed by atoms with Gasteiger partial charge in [-0.1, -0.05) is 65.8 Å². The van der Waals surface area contributed by atoms with Gasteiger partial charge in [0.25, 0.3) is 0 Å². The van der Waals surface area contributed by atoms with E-state index in [9.17, 15) is 15.0 Å². The molecular formula is C22H18ClN3O3S. The third-order valence-electron chi connectivity index (χ3n) is 4.65. The number of carbonyl (C=O) groups is 1. The molecule has 0 aliphatic heterocycles. The fourth-order valence-electron chi connectivity index (χ4n) is 2.96. The molecule has 3 N–H and O–H groups in total. The zero-order chi connectivity index (χ0) is 21.5. The van der Waals surface area contributed by atoms with Crippen molar-refractivity contribution in [2.24, 2.45) is 0 Å². The second-order valence-corrected chi connectivity index (χ2v) is 9.26. The first kappa shape index (κ1) is 20.3. The molecule has 2 aromatic carbocycles. The lowest BCUT2D eigenvalue weighted by Gasteiger charge is -2.15. The lowest BCUT2D eigenvalue weighted by atomic mass is 10.0. The molecule has 0 bridgehead atoms. The summed E-state index contributed by atoms with van der Waals surface area (Å²) in [5.41, 5.74) is 4.11. The Kier molecular flexibility index (Phi) is 5.17. The summed E-state index contributed by atoms with van der Waals surface area (Å²) in [5, 5.41) is 20.3. The van der Waals surface area contributed by atoms with E-state index in [2.05, 4.69) is 15.0 Å². The predicted octanol–water partition coefficient (Wildman–Crippen LogP) is 5.61. The van der Waals surface area contributed by atoms with Crippen LogP contribution in [0.5, 0.6) is 5.75 Å². The summed E-state index contributed by atoms with van der Waals surface area (Å²) < 4.78 is -1.03. The molecule has 4 rings (SSSR count). The molecule has 0 radical (unpaired) electrons. The van der Waals surface area contributed by atoms with Crippen molar-refractivity contribution in [2.75, 3.05) is 0 Å². The Balaban J connectivity index is 1.68. The minimum atomic E-state index is -1.03. The highest BCUT2D eigenvalue weighted by Crippen LogP contribution is 2.35. The van der Waals surface area contributed by atoms with Crippen LogP contribution in [0.3, 0.4) is 0 Å². The van der Waals surface area contributed by atoms with Gasteiger partial charge in [0, 0.05) is 11.1 Å². The second-order valence-electron chi connectivity index (χ2n) is 7.24. The van der Waals surface area contributed by atoms with E-state index in [0.717, 1.165) is 28.5 Å². The number of hydrogen-bond donors (Lipinski definition) is 3. The molecule has 0 spiro atoms. The predicted molar refractivity (Wildman–Crippen MR) is 119 cm³/mol. The van der Waals surface area contributed by atoms with E-state index in [0.29, 0.717) is 27.0 Å². The van der Waals surface area contributed by atoms with Gasteiger partial charge in [-0.3, -0.25) is 4.79 Å². The van der Waals surface area contributed by atoms with Crippen molar-refractivity contribution < 1.29 is 15.0 Å². The van der Waals surface area contributed by atoms with E-state index in [1.165, 1.54) is 0 Å². The molecular weight excluding hydrogens is 422 g/mol. The Morgan fingerprint density at radius 2 is 1.73 bits per heavy atom. The SMILES string of the molecule is CC(C)(Sc1nc2nc(-c3ccc(-c4ccccc4O)cc3)c(Cl)cc2[nH]1)C(=O)O. The van der Waals surface area contributed by atoms with Gasteiger partial charge in [-0.15, -0.1) is 0 Å². The summed E-state index contributed by atoms with van der Waals surface area (Å²) in [6, 6.07) is 16.4. The number of benzene rings is 2. The number of para-hydroxylation sites is 1. The highest BCUT2D eigenvalue weighted by atomic mass is 35.5. The summed E-state index contributed by atoms with van der Waals surface area (Å²) in [5.74, 6) is -0.710. The number of H-pyrrole nitrogens is 1. The molecule has 0 aliphatic carbocycles. The summed E-state index contributed by atoms with van der Waals surface area (Å²) in [4.78, 5) is 23.4. The molecule has 0 unspecified atom stereocenters. The Hall–Kier alpha value is -3.03. The number of hydrogen-bond acceptors (Lipinski definition) is 5. The van der Waals surface area contributed by atoms with E-state index in [1.807, 2.05) is 36.4 Å². The maximum atomic E-state index is 11.4. The molecule has 2 heterocycles. The number of carboxylic acid groups (broad SMARTS) is 1. The Morgan fingerprint density at radius 3 is 2.40 bits per heavy atom. The monoisotopic (exact) mass is 439 g/mol. The van der Waals surface area contributed by atoms with Gasteiger partial charge >= 0.3 is 5.97 Å². The number of pyridine rings is 1. The molecule has 0 saturated carbocycles. The van der Waals surface area contributed by atoms with Crippen molar-refractivity contribution >= 4 is 40.5 Å². The summed E-state index contributed by atoms with van der Waals surface area (Å²) in [7, 11) is 0. The molecule has 6 nitrogen and oxygen atoms in total. The van der Waals surface area contributed by atoms with Crippen LogP contribution in [0, 0.1) is 0 Å². The number of aromatic amines is 1. The number of aliphatic carboxylic acids is 1. The Morgan fingerprint density at radius 1 is 1.07 bits per heavy atom. The normalized spacial score (nSPS) is 11.7. The van der Waals surface area contributed by atoms with Crippen molar-refractivity contribution in [3.8, 4) is 28.1 Å². The Labute approximate surface area is 182 Å². The van der Waals surface area contributed by atoms with E-state index in [4.69, 9.17) is 11.6 Å². The van der Waals surface area contributed by atoms with Crippen molar-refractivity contribution in [1.82, 2.24) is 15.0 Å². The number of nitrogens with one attached hydrogen (secondary N) is 1. The van der Waals surface area contributed by atoms with Gasteiger partial charge in [-0.25, -0.2) is 9.97 Å². The van der Waals surface area contributed by atoms with Gasteiger partial charge in [-0.2, -0.15) is 0 Å². The van der Waals surface area contributed by atoms with Gasteiger partial charge in [-0.05, 0) is 31.5 Å². The molecule has 0 saturated heterocycles. The van der Waals surface area contributed by atoms with Crippen molar-refractivity contribution in [1.29, 1.82) is 0 Å². The minimum absolute atomic E-state index is 0.216. The molecule has 0 amide bonds. The van der Waals surface area contributed by atoms with E-state index < -0.39 is 10.7 Å².